The zero-order chi connectivity index (χ0) is 28.8. The molecule has 8 heteroatoms. The molecule has 1 amide bonds. The monoisotopic (exact) mass is 545 g/mol. The molecule has 8 nitrogen and oxygen atoms in total. The summed E-state index contributed by atoms with van der Waals surface area (Å²) in [6.07, 6.45) is 18.8. The summed E-state index contributed by atoms with van der Waals surface area (Å²) >= 11 is 0. The number of nitriles is 1. The SMILES string of the molecule is C=CNC1=NC=C/C1=C(/C)c1cnn(C2(CC#N)CN(C3(C)CCN(C(=O)C4CCCCC4)CC3)C2)c1.CCC. The predicted octanol–water partition coefficient (Wildman–Crippen LogP) is 5.62. The average Bonchev–Trinajstić information content (AvgIpc) is 3.62. The molecule has 4 heterocycles. The maximum atomic E-state index is 13.0. The van der Waals surface area contributed by atoms with Gasteiger partial charge in [0.05, 0.1) is 18.7 Å². The highest BCUT2D eigenvalue weighted by Gasteiger charge is 2.52. The number of carbonyl (C=O) groups excluding carboxylic acids is 1. The number of rotatable bonds is 6. The zero-order valence-electron chi connectivity index (χ0n) is 25.0. The van der Waals surface area contributed by atoms with E-state index in [1.165, 1.54) is 25.7 Å². The molecule has 4 aliphatic rings. The van der Waals surface area contributed by atoms with Gasteiger partial charge in [-0.05, 0) is 57.4 Å². The lowest BCUT2D eigenvalue weighted by Gasteiger charge is -2.58. The fourth-order valence-electron chi connectivity index (χ4n) is 6.44. The minimum absolute atomic E-state index is 0.0482. The van der Waals surface area contributed by atoms with Crippen molar-refractivity contribution in [1.29, 1.82) is 5.26 Å². The van der Waals surface area contributed by atoms with Gasteiger partial charge in [0, 0.05) is 61.2 Å². The maximum Gasteiger partial charge on any atom is 0.225 e. The number of hydrogen-bond acceptors (Lipinski definition) is 6. The van der Waals surface area contributed by atoms with Crippen LogP contribution in [0.3, 0.4) is 0 Å². The summed E-state index contributed by atoms with van der Waals surface area (Å²) in [6.45, 7) is 15.7. The van der Waals surface area contributed by atoms with Crippen molar-refractivity contribution in [2.75, 3.05) is 26.2 Å². The Bertz CT molecular complexity index is 1180. The van der Waals surface area contributed by atoms with Crippen molar-refractivity contribution in [2.24, 2.45) is 10.9 Å². The lowest BCUT2D eigenvalue weighted by molar-refractivity contribution is -0.142. The first-order valence-corrected chi connectivity index (χ1v) is 15.1. The molecule has 3 fully saturated rings. The van der Waals surface area contributed by atoms with Gasteiger partial charge < -0.3 is 10.2 Å². The van der Waals surface area contributed by atoms with E-state index in [9.17, 15) is 10.1 Å². The summed E-state index contributed by atoms with van der Waals surface area (Å²) in [4.78, 5) is 22.0. The Morgan fingerprint density at radius 3 is 2.52 bits per heavy atom. The van der Waals surface area contributed by atoms with Crippen LogP contribution in [0, 0.1) is 17.2 Å². The highest BCUT2D eigenvalue weighted by molar-refractivity contribution is 6.09. The van der Waals surface area contributed by atoms with Gasteiger partial charge in [-0.1, -0.05) is 46.1 Å². The Kier molecular flexibility index (Phi) is 9.68. The maximum absolute atomic E-state index is 13.0. The second-order valence-electron chi connectivity index (χ2n) is 12.1. The second kappa shape index (κ2) is 13.0. The van der Waals surface area contributed by atoms with Gasteiger partial charge in [-0.2, -0.15) is 10.4 Å². The quantitative estimate of drug-likeness (QED) is 0.501. The van der Waals surface area contributed by atoms with Crippen molar-refractivity contribution < 1.29 is 4.79 Å². The molecule has 216 valence electrons. The zero-order valence-corrected chi connectivity index (χ0v) is 25.0. The van der Waals surface area contributed by atoms with Crippen molar-refractivity contribution in [2.45, 2.75) is 96.6 Å². The third-order valence-electron chi connectivity index (χ3n) is 9.09. The summed E-state index contributed by atoms with van der Waals surface area (Å²) in [5.41, 5.74) is 2.85. The third kappa shape index (κ3) is 6.10. The van der Waals surface area contributed by atoms with Crippen LogP contribution in [0.5, 0.6) is 0 Å². The topological polar surface area (TPSA) is 89.5 Å². The Labute approximate surface area is 240 Å². The van der Waals surface area contributed by atoms with E-state index in [4.69, 9.17) is 5.10 Å². The van der Waals surface area contributed by atoms with Gasteiger partial charge >= 0.3 is 0 Å². The molecule has 1 N–H and O–H groups in total. The molecule has 2 saturated heterocycles. The van der Waals surface area contributed by atoms with Gasteiger partial charge in [-0.3, -0.25) is 14.4 Å². The minimum atomic E-state index is -0.322. The Morgan fingerprint density at radius 2 is 1.90 bits per heavy atom. The average molecular weight is 546 g/mol. The van der Waals surface area contributed by atoms with Crippen molar-refractivity contribution in [3.63, 3.8) is 0 Å². The molecule has 0 bridgehead atoms. The van der Waals surface area contributed by atoms with Gasteiger partial charge in [0.1, 0.15) is 11.4 Å². The number of aliphatic imine (C=N–C) groups is 1. The predicted molar refractivity (Wildman–Crippen MR) is 161 cm³/mol. The summed E-state index contributed by atoms with van der Waals surface area (Å²) < 4.78 is 2.01. The lowest BCUT2D eigenvalue weighted by Crippen LogP contribution is -2.70. The second-order valence-corrected chi connectivity index (χ2v) is 12.1. The number of allylic oxidation sites excluding steroid dienone is 1. The van der Waals surface area contributed by atoms with Crippen LogP contribution in [0.1, 0.15) is 91.0 Å². The number of nitrogens with one attached hydrogen (secondary N) is 1. The molecular formula is C32H47N7O. The van der Waals surface area contributed by atoms with Crippen molar-refractivity contribution in [3.05, 3.63) is 48.6 Å². The molecule has 0 radical (unpaired) electrons. The van der Waals surface area contributed by atoms with Gasteiger partial charge in [0.25, 0.3) is 0 Å². The Hall–Kier alpha value is -3.18. The Balaban J connectivity index is 0.00000118. The molecule has 1 aromatic rings. The fourth-order valence-corrected chi connectivity index (χ4v) is 6.44. The van der Waals surface area contributed by atoms with E-state index < -0.39 is 0 Å². The van der Waals surface area contributed by atoms with Crippen LogP contribution in [0.25, 0.3) is 5.57 Å². The first-order valence-electron chi connectivity index (χ1n) is 15.1. The molecular weight excluding hydrogens is 498 g/mol. The van der Waals surface area contributed by atoms with E-state index in [0.29, 0.717) is 12.3 Å². The normalized spacial score (nSPS) is 23.3. The largest absolute Gasteiger partial charge is 0.347 e. The van der Waals surface area contributed by atoms with Crippen LogP contribution in [0.15, 0.2) is 48.0 Å². The standard InChI is InChI=1S/C29H39N7O.C3H8/c1-4-31-26-25(10-15-32-26)22(2)24-18-33-36(19-24)29(11-14-30)20-35(21-29)28(3)12-16-34(17-13-28)27(37)23-8-6-5-7-9-23;1-3-2/h4,10,15,18-19,23H,1,5-9,11-13,16-17,20-21H2,2-3H3,(H,31,32);3H2,1-2H3/b25-22+;. The number of hydrogen-bond donors (Lipinski definition) is 1. The number of amides is 1. The first kappa shape index (κ1) is 29.8. The molecule has 1 saturated carbocycles. The molecule has 1 aromatic heterocycles. The Morgan fingerprint density at radius 1 is 1.23 bits per heavy atom. The highest BCUT2D eigenvalue weighted by atomic mass is 16.2. The smallest absolute Gasteiger partial charge is 0.225 e. The van der Waals surface area contributed by atoms with E-state index in [1.807, 2.05) is 17.0 Å². The van der Waals surface area contributed by atoms with E-state index in [0.717, 1.165) is 74.4 Å². The van der Waals surface area contributed by atoms with E-state index in [2.05, 4.69) is 66.6 Å². The van der Waals surface area contributed by atoms with Gasteiger partial charge in [0.15, 0.2) is 0 Å². The number of carbonyl (C=O) groups is 1. The third-order valence-corrected chi connectivity index (χ3v) is 9.09. The van der Waals surface area contributed by atoms with Crippen molar-refractivity contribution in [3.8, 4) is 6.07 Å². The number of aromatic nitrogens is 2. The number of amidine groups is 1. The van der Waals surface area contributed by atoms with Crippen LogP contribution in [0.2, 0.25) is 0 Å². The summed E-state index contributed by atoms with van der Waals surface area (Å²) in [6, 6.07) is 2.42. The van der Waals surface area contributed by atoms with Gasteiger partial charge in [-0.25, -0.2) is 4.99 Å². The lowest BCUT2D eigenvalue weighted by atomic mass is 9.77. The minimum Gasteiger partial charge on any atom is -0.347 e. The van der Waals surface area contributed by atoms with Crippen molar-refractivity contribution >= 4 is 17.3 Å². The molecule has 0 spiro atoms. The molecule has 0 atom stereocenters. The van der Waals surface area contributed by atoms with E-state index in [-0.39, 0.29) is 17.0 Å². The first-order chi connectivity index (χ1) is 19.3. The van der Waals surface area contributed by atoms with E-state index >= 15 is 0 Å². The fraction of sp³-hybridized carbons (Fsp3) is 0.625. The van der Waals surface area contributed by atoms with Gasteiger partial charge in [-0.15, -0.1) is 0 Å². The van der Waals surface area contributed by atoms with Crippen LogP contribution in [-0.4, -0.2) is 63.0 Å². The summed E-state index contributed by atoms with van der Waals surface area (Å²) in [5.74, 6) is 1.40. The van der Waals surface area contributed by atoms with Crippen molar-refractivity contribution in [1.82, 2.24) is 24.9 Å². The van der Waals surface area contributed by atoms with Crippen LogP contribution in [0.4, 0.5) is 0 Å². The number of piperidine rings is 1. The summed E-state index contributed by atoms with van der Waals surface area (Å²) in [5, 5.41) is 17.5. The van der Waals surface area contributed by atoms with Gasteiger partial charge in [0.2, 0.25) is 5.91 Å². The number of likely N-dealkylation sites (tertiary alicyclic amines) is 2. The molecule has 1 aliphatic carbocycles. The van der Waals surface area contributed by atoms with Crippen LogP contribution >= 0.6 is 0 Å². The van der Waals surface area contributed by atoms with E-state index in [1.54, 1.807) is 12.4 Å². The summed E-state index contributed by atoms with van der Waals surface area (Å²) in [7, 11) is 0. The van der Waals surface area contributed by atoms with Crippen LogP contribution in [-0.2, 0) is 10.3 Å². The molecule has 0 unspecified atom stereocenters. The van der Waals surface area contributed by atoms with Crippen LogP contribution < -0.4 is 5.32 Å². The highest BCUT2D eigenvalue weighted by Crippen LogP contribution is 2.42. The molecule has 3 aliphatic heterocycles. The molecule has 5 rings (SSSR count). The molecule has 40 heavy (non-hydrogen) atoms. The molecule has 0 aromatic carbocycles. The number of nitrogens with zero attached hydrogens (tertiary/aromatic N) is 6.